The van der Waals surface area contributed by atoms with Crippen LogP contribution in [0.5, 0.6) is 0 Å². The van der Waals surface area contributed by atoms with Crippen molar-refractivity contribution in [1.82, 2.24) is 0 Å². The third-order valence-corrected chi connectivity index (χ3v) is 15.0. The molecule has 448 valence electrons. The van der Waals surface area contributed by atoms with Gasteiger partial charge in [0, 0.05) is 12.8 Å². The summed E-state index contributed by atoms with van der Waals surface area (Å²) < 4.78 is 22.7. The van der Waals surface area contributed by atoms with Crippen molar-refractivity contribution in [2.24, 2.45) is 0 Å². The second-order valence-electron chi connectivity index (χ2n) is 23.8. The molecule has 0 saturated heterocycles. The molecule has 0 aromatic carbocycles. The van der Waals surface area contributed by atoms with E-state index in [0.29, 0.717) is 23.9 Å². The SMILES string of the molecule is CCCCCC/C=C\C/C=C\CCCCCCCCCC(=O)OC(COC(=O)CCCCCCCCCCCCCCCCCCCCCCCCCCCCCCCCCCC)COC(OCC[N+](C)(C)C)C(=O)[O-]. The zero-order valence-electron chi connectivity index (χ0n) is 51.2. The normalized spacial score (nSPS) is 12.8. The van der Waals surface area contributed by atoms with Crippen molar-refractivity contribution >= 4 is 17.9 Å². The largest absolute Gasteiger partial charge is 0.545 e. The van der Waals surface area contributed by atoms with Crippen LogP contribution in [0.4, 0.5) is 0 Å². The van der Waals surface area contributed by atoms with Crippen LogP contribution in [0.3, 0.4) is 0 Å². The first-order valence-electron chi connectivity index (χ1n) is 33.0. The number of esters is 2. The first-order valence-corrected chi connectivity index (χ1v) is 33.0. The summed E-state index contributed by atoms with van der Waals surface area (Å²) in [5, 5.41) is 11.8. The quantitative estimate of drug-likeness (QED) is 0.0195. The fourth-order valence-electron chi connectivity index (χ4n) is 9.87. The topological polar surface area (TPSA) is 111 Å². The maximum absolute atomic E-state index is 12.9. The summed E-state index contributed by atoms with van der Waals surface area (Å²) in [7, 11) is 5.93. The fourth-order valence-corrected chi connectivity index (χ4v) is 9.87. The van der Waals surface area contributed by atoms with Gasteiger partial charge in [-0.05, 0) is 44.9 Å². The molecule has 0 fully saturated rings. The van der Waals surface area contributed by atoms with Gasteiger partial charge in [-0.3, -0.25) is 9.59 Å². The Balaban J connectivity index is 4.02. The van der Waals surface area contributed by atoms with Crippen molar-refractivity contribution in [3.8, 4) is 0 Å². The van der Waals surface area contributed by atoms with Gasteiger partial charge >= 0.3 is 11.9 Å². The molecule has 2 unspecified atom stereocenters. The molecule has 0 aromatic heterocycles. The molecule has 0 spiro atoms. The Morgan fingerprint density at radius 2 is 0.711 bits per heavy atom. The van der Waals surface area contributed by atoms with Gasteiger partial charge in [0.25, 0.3) is 0 Å². The lowest BCUT2D eigenvalue weighted by atomic mass is 10.0. The molecule has 0 bridgehead atoms. The monoisotopic (exact) mass is 1070 g/mol. The molecular weight excluding hydrogens is 947 g/mol. The Labute approximate surface area is 471 Å². The zero-order chi connectivity index (χ0) is 55.5. The van der Waals surface area contributed by atoms with Crippen LogP contribution < -0.4 is 5.11 Å². The number of carboxylic acids is 1. The second-order valence-corrected chi connectivity index (χ2v) is 23.8. The zero-order valence-corrected chi connectivity index (χ0v) is 51.2. The van der Waals surface area contributed by atoms with Crippen molar-refractivity contribution in [3.05, 3.63) is 24.3 Å². The predicted molar refractivity (Wildman–Crippen MR) is 320 cm³/mol. The van der Waals surface area contributed by atoms with Crippen molar-refractivity contribution in [2.45, 2.75) is 341 Å². The molecule has 0 radical (unpaired) electrons. The number of likely N-dealkylation sites (N-methyl/N-ethyl adjacent to an activating group) is 1. The van der Waals surface area contributed by atoms with Crippen LogP contribution in [0, 0.1) is 0 Å². The van der Waals surface area contributed by atoms with Crippen LogP contribution in [0.15, 0.2) is 24.3 Å². The number of rotatable bonds is 62. The van der Waals surface area contributed by atoms with E-state index in [1.54, 1.807) is 0 Å². The number of nitrogens with zero attached hydrogens (tertiary/aromatic N) is 1. The Hall–Kier alpha value is -2.23. The number of hydrogen-bond donors (Lipinski definition) is 0. The average molecular weight is 1070 g/mol. The molecule has 0 N–H and O–H groups in total. The van der Waals surface area contributed by atoms with Crippen LogP contribution in [0.2, 0.25) is 0 Å². The highest BCUT2D eigenvalue weighted by Crippen LogP contribution is 2.18. The first-order chi connectivity index (χ1) is 37.1. The van der Waals surface area contributed by atoms with E-state index in [0.717, 1.165) is 51.4 Å². The molecule has 2 atom stereocenters. The van der Waals surface area contributed by atoms with Crippen LogP contribution in [-0.4, -0.2) is 82.3 Å². The number of aliphatic carboxylic acids is 1. The van der Waals surface area contributed by atoms with Crippen LogP contribution in [-0.2, 0) is 33.3 Å². The van der Waals surface area contributed by atoms with Crippen LogP contribution >= 0.6 is 0 Å². The Morgan fingerprint density at radius 1 is 0.395 bits per heavy atom. The minimum absolute atomic E-state index is 0.148. The lowest BCUT2D eigenvalue weighted by Crippen LogP contribution is -2.44. The summed E-state index contributed by atoms with van der Waals surface area (Å²) in [6.07, 6.45) is 68.3. The van der Waals surface area contributed by atoms with E-state index in [2.05, 4.69) is 38.2 Å². The lowest BCUT2D eigenvalue weighted by molar-refractivity contribution is -0.870. The summed E-state index contributed by atoms with van der Waals surface area (Å²) in [6.45, 7) is 4.78. The van der Waals surface area contributed by atoms with E-state index < -0.39 is 24.3 Å². The number of hydrogen-bond acceptors (Lipinski definition) is 8. The molecule has 0 aliphatic rings. The molecular formula is C67H127NO8. The van der Waals surface area contributed by atoms with E-state index in [1.807, 2.05) is 21.1 Å². The number of ether oxygens (including phenoxy) is 4. The van der Waals surface area contributed by atoms with E-state index in [-0.39, 0.29) is 32.2 Å². The maximum Gasteiger partial charge on any atom is 0.306 e. The van der Waals surface area contributed by atoms with Gasteiger partial charge < -0.3 is 33.3 Å². The van der Waals surface area contributed by atoms with Gasteiger partial charge in [0.05, 0.1) is 40.3 Å². The number of allylic oxidation sites excluding steroid dienone is 4. The van der Waals surface area contributed by atoms with Gasteiger partial charge in [-0.15, -0.1) is 0 Å². The maximum atomic E-state index is 12.9. The molecule has 0 amide bonds. The van der Waals surface area contributed by atoms with Gasteiger partial charge in [0.1, 0.15) is 13.2 Å². The summed E-state index contributed by atoms with van der Waals surface area (Å²) in [4.78, 5) is 37.4. The molecule has 0 aliphatic carbocycles. The van der Waals surface area contributed by atoms with Gasteiger partial charge in [0.2, 0.25) is 0 Å². The third-order valence-electron chi connectivity index (χ3n) is 15.0. The molecule has 0 saturated carbocycles. The third kappa shape index (κ3) is 59.4. The van der Waals surface area contributed by atoms with E-state index in [1.165, 1.54) is 244 Å². The Kier molecular flexibility index (Phi) is 57.2. The van der Waals surface area contributed by atoms with Gasteiger partial charge in [-0.2, -0.15) is 0 Å². The summed E-state index contributed by atoms with van der Waals surface area (Å²) in [6, 6.07) is 0. The molecule has 0 aliphatic heterocycles. The fraction of sp³-hybridized carbons (Fsp3) is 0.896. The number of quaternary nitrogens is 1. The molecule has 9 heteroatoms. The Bertz CT molecular complexity index is 1300. The van der Waals surface area contributed by atoms with Crippen molar-refractivity contribution in [3.63, 3.8) is 0 Å². The van der Waals surface area contributed by atoms with Crippen molar-refractivity contribution < 1.29 is 42.9 Å². The van der Waals surface area contributed by atoms with Crippen LogP contribution in [0.25, 0.3) is 0 Å². The van der Waals surface area contributed by atoms with Gasteiger partial charge in [0.15, 0.2) is 12.4 Å². The predicted octanol–water partition coefficient (Wildman–Crippen LogP) is 18.5. The summed E-state index contributed by atoms with van der Waals surface area (Å²) >= 11 is 0. The number of carbonyl (C=O) groups excluding carboxylic acids is 3. The van der Waals surface area contributed by atoms with E-state index in [4.69, 9.17) is 18.9 Å². The lowest BCUT2D eigenvalue weighted by Gasteiger charge is -2.26. The highest BCUT2D eigenvalue weighted by molar-refractivity contribution is 5.70. The number of carboxylic acid groups (broad SMARTS) is 1. The highest BCUT2D eigenvalue weighted by Gasteiger charge is 2.22. The molecule has 0 heterocycles. The molecule has 0 rings (SSSR count). The van der Waals surface area contributed by atoms with Crippen molar-refractivity contribution in [1.29, 1.82) is 0 Å². The summed E-state index contributed by atoms with van der Waals surface area (Å²) in [5.74, 6) is -2.27. The molecule has 9 nitrogen and oxygen atoms in total. The van der Waals surface area contributed by atoms with Crippen molar-refractivity contribution in [2.75, 3.05) is 47.5 Å². The standard InChI is InChI=1S/C67H127NO8/c1-6-8-10-12-14-16-18-20-22-24-26-27-28-29-30-31-32-33-34-35-36-37-38-39-40-42-43-45-47-49-51-53-55-57-64(69)74-61-63(62-75-67(66(71)72)73-60-59-68(3,4)5)76-65(70)58-56-54-52-50-48-46-44-41-25-23-21-19-17-15-13-11-9-7-2/h17,19,23,25,63,67H,6-16,18,20-22,24,26-62H2,1-5H3/b19-17-,25-23-. The Morgan fingerprint density at radius 3 is 1.05 bits per heavy atom. The number of unbranched alkanes of at least 4 members (excludes halogenated alkanes) is 43. The average Bonchev–Trinajstić information content (AvgIpc) is 3.39. The smallest absolute Gasteiger partial charge is 0.306 e. The second kappa shape index (κ2) is 58.9. The number of carbonyl (C=O) groups is 3. The first kappa shape index (κ1) is 73.8. The molecule has 76 heavy (non-hydrogen) atoms. The minimum Gasteiger partial charge on any atom is -0.545 e. The van der Waals surface area contributed by atoms with Gasteiger partial charge in [-0.25, -0.2) is 0 Å². The van der Waals surface area contributed by atoms with E-state index in [9.17, 15) is 19.5 Å². The van der Waals surface area contributed by atoms with Crippen LogP contribution in [0.1, 0.15) is 328 Å². The van der Waals surface area contributed by atoms with Gasteiger partial charge in [-0.1, -0.05) is 295 Å². The van der Waals surface area contributed by atoms with E-state index >= 15 is 0 Å². The highest BCUT2D eigenvalue weighted by atomic mass is 16.7. The molecule has 0 aromatic rings. The minimum atomic E-state index is -1.62. The summed E-state index contributed by atoms with van der Waals surface area (Å²) in [5.41, 5.74) is 0.